The number of hydrogen-bond acceptors (Lipinski definition) is 5. The summed E-state index contributed by atoms with van der Waals surface area (Å²) in [4.78, 5) is 17.1. The lowest BCUT2D eigenvalue weighted by atomic mass is 9.82. The predicted molar refractivity (Wildman–Crippen MR) is 136 cm³/mol. The lowest BCUT2D eigenvalue weighted by Crippen LogP contribution is -2.23. The predicted octanol–water partition coefficient (Wildman–Crippen LogP) is 6.57. The van der Waals surface area contributed by atoms with Gasteiger partial charge >= 0.3 is 5.97 Å². The van der Waals surface area contributed by atoms with E-state index in [-0.39, 0.29) is 29.7 Å². The Hall–Kier alpha value is -3.41. The molecule has 2 heterocycles. The van der Waals surface area contributed by atoms with Gasteiger partial charge in [0.1, 0.15) is 23.4 Å². The number of ether oxygens (including phenoxy) is 3. The molecule has 6 heteroatoms. The summed E-state index contributed by atoms with van der Waals surface area (Å²) in [5.74, 6) is 1.41. The van der Waals surface area contributed by atoms with Gasteiger partial charge in [-0.25, -0.2) is 4.39 Å². The fourth-order valence-electron chi connectivity index (χ4n) is 5.44. The third-order valence-corrected chi connectivity index (χ3v) is 7.56. The Kier molecular flexibility index (Phi) is 6.69. The van der Waals surface area contributed by atoms with Crippen LogP contribution in [0.2, 0.25) is 0 Å². The van der Waals surface area contributed by atoms with E-state index in [1.165, 1.54) is 18.7 Å². The monoisotopic (exact) mass is 489 g/mol. The Labute approximate surface area is 211 Å². The minimum Gasteiger partial charge on any atom is -0.497 e. The Morgan fingerprint density at radius 2 is 1.86 bits per heavy atom. The van der Waals surface area contributed by atoms with Crippen LogP contribution >= 0.6 is 0 Å². The Morgan fingerprint density at radius 3 is 2.56 bits per heavy atom. The molecule has 0 amide bonds. The van der Waals surface area contributed by atoms with Crippen LogP contribution in [0.25, 0.3) is 11.1 Å². The molecule has 5 rings (SSSR count). The minimum atomic E-state index is -0.310. The number of carbonyl (C=O) groups excluding carboxylic acids is 1. The molecule has 3 aromatic rings. The number of benzene rings is 2. The molecule has 1 saturated carbocycles. The number of methoxy groups -OCH3 is 2. The van der Waals surface area contributed by atoms with Crippen molar-refractivity contribution in [3.8, 4) is 22.6 Å². The van der Waals surface area contributed by atoms with Crippen LogP contribution < -0.4 is 9.47 Å². The number of rotatable bonds is 7. The zero-order chi connectivity index (χ0) is 25.4. The van der Waals surface area contributed by atoms with Crippen molar-refractivity contribution in [1.29, 1.82) is 0 Å². The molecule has 5 nitrogen and oxygen atoms in total. The fraction of sp³-hybridized carbons (Fsp3) is 0.400. The van der Waals surface area contributed by atoms with Gasteiger partial charge in [0.2, 0.25) is 0 Å². The number of fused-ring (bicyclic) bond motifs is 1. The highest BCUT2D eigenvalue weighted by Crippen LogP contribution is 2.48. The van der Waals surface area contributed by atoms with Crippen molar-refractivity contribution in [2.45, 2.75) is 51.6 Å². The first-order chi connectivity index (χ1) is 17.4. The van der Waals surface area contributed by atoms with E-state index in [9.17, 15) is 9.18 Å². The molecule has 2 aromatic carbocycles. The Bertz CT molecular complexity index is 1290. The fourth-order valence-corrected chi connectivity index (χ4v) is 5.44. The average molecular weight is 490 g/mol. The first-order valence-electron chi connectivity index (χ1n) is 12.6. The second-order valence-corrected chi connectivity index (χ2v) is 9.90. The van der Waals surface area contributed by atoms with E-state index in [0.717, 1.165) is 53.9 Å². The standard InChI is InChI=1S/C30H32FNO4/c1-17(30(33)35-4)29(20-6-7-20)21-8-5-19-9-14-27(36-28(19)15-21)26-13-11-23(18(2)32-26)24-16-22(34-3)10-12-25(24)31/h5,8,10-13,15-17,20,27,29H,6-7,9,14H2,1-4H3/t17-,27?,29-/m0/s1. The van der Waals surface area contributed by atoms with Crippen molar-refractivity contribution in [2.24, 2.45) is 11.8 Å². The van der Waals surface area contributed by atoms with Gasteiger partial charge in [0.25, 0.3) is 0 Å². The number of halogens is 1. The second-order valence-electron chi connectivity index (χ2n) is 9.90. The molecule has 36 heavy (non-hydrogen) atoms. The molecule has 0 radical (unpaired) electrons. The summed E-state index contributed by atoms with van der Waals surface area (Å²) in [5.41, 5.74) is 5.07. The second kappa shape index (κ2) is 9.92. The maximum absolute atomic E-state index is 14.5. The van der Waals surface area contributed by atoms with Crippen molar-refractivity contribution >= 4 is 5.97 Å². The SMILES string of the molecule is COC(=O)[C@@H](C)[C@H](c1ccc2c(c1)OC(c1ccc(-c3cc(OC)ccc3F)c(C)n1)CC2)C1CC1. The van der Waals surface area contributed by atoms with Crippen molar-refractivity contribution in [2.75, 3.05) is 14.2 Å². The lowest BCUT2D eigenvalue weighted by Gasteiger charge is -2.29. The quantitative estimate of drug-likeness (QED) is 0.351. The van der Waals surface area contributed by atoms with Crippen LogP contribution in [0.5, 0.6) is 11.5 Å². The molecule has 1 unspecified atom stereocenters. The Balaban J connectivity index is 1.40. The number of pyridine rings is 1. The smallest absolute Gasteiger partial charge is 0.309 e. The molecule has 1 aliphatic heterocycles. The third kappa shape index (κ3) is 4.69. The van der Waals surface area contributed by atoms with Crippen LogP contribution in [0.1, 0.15) is 60.7 Å². The van der Waals surface area contributed by atoms with E-state index < -0.39 is 0 Å². The molecule has 0 bridgehead atoms. The molecule has 3 atom stereocenters. The number of carbonyl (C=O) groups is 1. The molecular formula is C30H32FNO4. The van der Waals surface area contributed by atoms with Crippen LogP contribution in [0.15, 0.2) is 48.5 Å². The van der Waals surface area contributed by atoms with Crippen LogP contribution in [-0.2, 0) is 16.0 Å². The molecule has 0 spiro atoms. The summed E-state index contributed by atoms with van der Waals surface area (Å²) in [5, 5.41) is 0. The zero-order valence-corrected chi connectivity index (χ0v) is 21.2. The molecule has 1 fully saturated rings. The van der Waals surface area contributed by atoms with Gasteiger partial charge in [-0.2, -0.15) is 0 Å². The van der Waals surface area contributed by atoms with Crippen molar-refractivity contribution in [1.82, 2.24) is 4.98 Å². The van der Waals surface area contributed by atoms with Crippen LogP contribution in [0.3, 0.4) is 0 Å². The van der Waals surface area contributed by atoms with Crippen LogP contribution in [-0.4, -0.2) is 25.2 Å². The molecule has 2 aliphatic rings. The van der Waals surface area contributed by atoms with Crippen LogP contribution in [0, 0.1) is 24.6 Å². The zero-order valence-electron chi connectivity index (χ0n) is 21.2. The van der Waals surface area contributed by atoms with Gasteiger partial charge in [-0.1, -0.05) is 25.1 Å². The highest BCUT2D eigenvalue weighted by atomic mass is 19.1. The molecular weight excluding hydrogens is 457 g/mol. The first kappa shape index (κ1) is 24.3. The van der Waals surface area contributed by atoms with Crippen LogP contribution in [0.4, 0.5) is 4.39 Å². The number of aromatic nitrogens is 1. The first-order valence-corrected chi connectivity index (χ1v) is 12.6. The van der Waals surface area contributed by atoms with Crippen molar-refractivity contribution in [3.63, 3.8) is 0 Å². The largest absolute Gasteiger partial charge is 0.497 e. The van der Waals surface area contributed by atoms with E-state index in [0.29, 0.717) is 17.2 Å². The highest BCUT2D eigenvalue weighted by Gasteiger charge is 2.39. The maximum atomic E-state index is 14.5. The molecule has 1 aliphatic carbocycles. The minimum absolute atomic E-state index is 0.129. The van der Waals surface area contributed by atoms with E-state index in [1.54, 1.807) is 19.2 Å². The average Bonchev–Trinajstić information content (AvgIpc) is 3.73. The molecule has 188 valence electrons. The summed E-state index contributed by atoms with van der Waals surface area (Å²) in [6.45, 7) is 3.85. The lowest BCUT2D eigenvalue weighted by molar-refractivity contribution is -0.145. The van der Waals surface area contributed by atoms with Gasteiger partial charge < -0.3 is 14.2 Å². The van der Waals surface area contributed by atoms with Gasteiger partial charge in [-0.3, -0.25) is 9.78 Å². The molecule has 0 N–H and O–H groups in total. The van der Waals surface area contributed by atoms with E-state index in [2.05, 4.69) is 18.2 Å². The van der Waals surface area contributed by atoms with Gasteiger partial charge in [0.15, 0.2) is 0 Å². The summed E-state index contributed by atoms with van der Waals surface area (Å²) in [7, 11) is 3.02. The number of hydrogen-bond donors (Lipinski definition) is 0. The Morgan fingerprint density at radius 1 is 1.06 bits per heavy atom. The van der Waals surface area contributed by atoms with E-state index in [4.69, 9.17) is 19.2 Å². The molecule has 1 aromatic heterocycles. The molecule has 0 saturated heterocycles. The normalized spacial score (nSPS) is 18.5. The van der Waals surface area contributed by atoms with Gasteiger partial charge in [0, 0.05) is 16.8 Å². The van der Waals surface area contributed by atoms with Gasteiger partial charge in [-0.05, 0) is 85.9 Å². The number of aryl methyl sites for hydroxylation is 2. The van der Waals surface area contributed by atoms with Gasteiger partial charge in [0.05, 0.1) is 25.8 Å². The summed E-state index contributed by atoms with van der Waals surface area (Å²) >= 11 is 0. The highest BCUT2D eigenvalue weighted by molar-refractivity contribution is 5.73. The summed E-state index contributed by atoms with van der Waals surface area (Å²) < 4.78 is 31.3. The number of esters is 1. The third-order valence-electron chi connectivity index (χ3n) is 7.56. The van der Waals surface area contributed by atoms with E-state index >= 15 is 0 Å². The van der Waals surface area contributed by atoms with E-state index in [1.807, 2.05) is 26.0 Å². The van der Waals surface area contributed by atoms with Gasteiger partial charge in [-0.15, -0.1) is 0 Å². The summed E-state index contributed by atoms with van der Waals surface area (Å²) in [6.07, 6.45) is 3.78. The maximum Gasteiger partial charge on any atom is 0.309 e. The number of nitrogens with zero attached hydrogens (tertiary/aromatic N) is 1. The van der Waals surface area contributed by atoms with Crippen molar-refractivity contribution < 1.29 is 23.4 Å². The van der Waals surface area contributed by atoms with Crippen molar-refractivity contribution in [3.05, 3.63) is 76.9 Å². The summed E-state index contributed by atoms with van der Waals surface area (Å²) in [6, 6.07) is 14.9. The topological polar surface area (TPSA) is 57.7 Å².